The van der Waals surface area contributed by atoms with Crippen LogP contribution in [0, 0.1) is 5.92 Å². The average molecular weight is 807 g/mol. The number of aryl methyl sites for hydroxylation is 1. The normalized spacial score (nSPS) is 26.4. The molecule has 2 aliphatic heterocycles. The number of hydrogen-bond acceptors (Lipinski definition) is 9. The van der Waals surface area contributed by atoms with E-state index in [1.807, 2.05) is 37.8 Å². The van der Waals surface area contributed by atoms with E-state index in [2.05, 4.69) is 32.8 Å². The van der Waals surface area contributed by atoms with Crippen LogP contribution in [-0.2, 0) is 16.6 Å². The van der Waals surface area contributed by atoms with Gasteiger partial charge in [0.25, 0.3) is 11.5 Å². The van der Waals surface area contributed by atoms with Crippen molar-refractivity contribution in [2.75, 3.05) is 25.0 Å². The van der Waals surface area contributed by atoms with Crippen molar-refractivity contribution in [2.24, 2.45) is 13.0 Å². The number of aliphatic hydroxyl groups is 1. The smallest absolute Gasteiger partial charge is 0.274 e. The Morgan fingerprint density at radius 2 is 1.85 bits per heavy atom. The first kappa shape index (κ1) is 39.1. The van der Waals surface area contributed by atoms with Crippen LogP contribution in [-0.4, -0.2) is 89.9 Å². The molecule has 59 heavy (non-hydrogen) atoms. The van der Waals surface area contributed by atoms with Gasteiger partial charge in [0.2, 0.25) is 11.8 Å². The first-order valence-electron chi connectivity index (χ1n) is 21.0. The molecule has 3 amide bonds. The number of fused-ring (bicyclic) bond motifs is 2. The number of halogens is 1. The highest BCUT2D eigenvalue weighted by Gasteiger charge is 2.40. The minimum Gasteiger partial charge on any atom is -0.490 e. The molecule has 0 radical (unpaired) electrons. The Balaban J connectivity index is 0.820. The fourth-order valence-corrected chi connectivity index (χ4v) is 9.54. The van der Waals surface area contributed by atoms with Crippen LogP contribution in [0.3, 0.4) is 0 Å². The summed E-state index contributed by atoms with van der Waals surface area (Å²) < 4.78 is 25.0. The van der Waals surface area contributed by atoms with Gasteiger partial charge in [0, 0.05) is 68.1 Å². The summed E-state index contributed by atoms with van der Waals surface area (Å²) in [4.78, 5) is 53.4. The van der Waals surface area contributed by atoms with E-state index < -0.39 is 35.7 Å². The zero-order valence-electron chi connectivity index (χ0n) is 33.6. The molecular formula is C44H51FN8O6. The molecule has 2 aromatic carbocycles. The fourth-order valence-electron chi connectivity index (χ4n) is 9.54. The van der Waals surface area contributed by atoms with Gasteiger partial charge < -0.3 is 24.6 Å². The maximum absolute atomic E-state index is 13.7. The molecule has 2 saturated heterocycles. The van der Waals surface area contributed by atoms with Crippen LogP contribution < -0.4 is 20.9 Å². The second-order valence-corrected chi connectivity index (χ2v) is 17.3. The van der Waals surface area contributed by atoms with Gasteiger partial charge in [-0.25, -0.2) is 4.39 Å². The van der Waals surface area contributed by atoms with Crippen molar-refractivity contribution in [1.82, 2.24) is 34.3 Å². The van der Waals surface area contributed by atoms with E-state index in [1.54, 1.807) is 29.1 Å². The molecular weight excluding hydrogens is 756 g/mol. The molecule has 15 heteroatoms. The van der Waals surface area contributed by atoms with Crippen LogP contribution in [0.4, 0.5) is 10.1 Å². The molecule has 1 unspecified atom stereocenters. The van der Waals surface area contributed by atoms with Crippen LogP contribution in [0.2, 0.25) is 0 Å². The van der Waals surface area contributed by atoms with Crippen LogP contribution in [0.15, 0.2) is 59.7 Å². The van der Waals surface area contributed by atoms with Gasteiger partial charge in [-0.05, 0) is 94.7 Å². The van der Waals surface area contributed by atoms with Gasteiger partial charge in [-0.15, -0.1) is 0 Å². The Kier molecular flexibility index (Phi) is 10.4. The van der Waals surface area contributed by atoms with Crippen LogP contribution in [0.1, 0.15) is 111 Å². The lowest BCUT2D eigenvalue weighted by Crippen LogP contribution is -2.45. The number of rotatable bonds is 10. The number of hydrogen-bond donors (Lipinski definition) is 3. The van der Waals surface area contributed by atoms with Crippen molar-refractivity contribution >= 4 is 45.2 Å². The zero-order valence-corrected chi connectivity index (χ0v) is 33.6. The van der Waals surface area contributed by atoms with Gasteiger partial charge in [-0.2, -0.15) is 10.2 Å². The molecule has 310 valence electrons. The number of pyridine rings is 1. The fraction of sp³-hybridized carbons (Fsp3) is 0.500. The number of alkyl halides is 1. The molecule has 0 spiro atoms. The number of carbonyl (C=O) groups excluding carboxylic acids is 3. The van der Waals surface area contributed by atoms with E-state index in [-0.39, 0.29) is 35.6 Å². The maximum atomic E-state index is 13.7. The van der Waals surface area contributed by atoms with E-state index in [9.17, 15) is 28.7 Å². The van der Waals surface area contributed by atoms with E-state index >= 15 is 0 Å². The topological polar surface area (TPSA) is 166 Å². The highest BCUT2D eigenvalue weighted by molar-refractivity contribution is 6.08. The van der Waals surface area contributed by atoms with Gasteiger partial charge in [0.1, 0.15) is 17.6 Å². The van der Waals surface area contributed by atoms with E-state index in [0.29, 0.717) is 48.7 Å². The number of ether oxygens (including phenoxy) is 1. The Morgan fingerprint density at radius 1 is 1.05 bits per heavy atom. The molecule has 2 saturated carbocycles. The number of benzene rings is 2. The van der Waals surface area contributed by atoms with Crippen molar-refractivity contribution in [1.29, 1.82) is 0 Å². The molecule has 2 aliphatic carbocycles. The van der Waals surface area contributed by atoms with Crippen molar-refractivity contribution in [2.45, 2.75) is 108 Å². The largest absolute Gasteiger partial charge is 0.490 e. The van der Waals surface area contributed by atoms with E-state index in [4.69, 9.17) is 9.84 Å². The summed E-state index contributed by atoms with van der Waals surface area (Å²) in [6.07, 6.45) is 7.66. The molecule has 5 aromatic rings. The first-order valence-corrected chi connectivity index (χ1v) is 21.0. The summed E-state index contributed by atoms with van der Waals surface area (Å²) >= 11 is 0. The van der Waals surface area contributed by atoms with E-state index in [1.165, 1.54) is 10.6 Å². The number of aromatic nitrogens is 5. The number of nitrogens with zero attached hydrogens (tertiary/aromatic N) is 6. The molecule has 0 bridgehead atoms. The number of amides is 3. The Hall–Kier alpha value is -5.41. The number of imide groups is 1. The van der Waals surface area contributed by atoms with Crippen molar-refractivity contribution < 1.29 is 28.6 Å². The number of aliphatic hydroxyl groups excluding tert-OH is 1. The predicted molar refractivity (Wildman–Crippen MR) is 219 cm³/mol. The summed E-state index contributed by atoms with van der Waals surface area (Å²) in [6, 6.07) is 12.6. The minimum absolute atomic E-state index is 0.000424. The predicted octanol–water partition coefficient (Wildman–Crippen LogP) is 5.51. The van der Waals surface area contributed by atoms with Crippen molar-refractivity contribution in [3.63, 3.8) is 0 Å². The number of piperidine rings is 2. The third kappa shape index (κ3) is 7.77. The molecule has 4 aliphatic rings. The third-order valence-electron chi connectivity index (χ3n) is 12.8. The Morgan fingerprint density at radius 3 is 2.58 bits per heavy atom. The minimum atomic E-state index is -1.05. The lowest BCUT2D eigenvalue weighted by Gasteiger charge is -2.39. The summed E-state index contributed by atoms with van der Waals surface area (Å²) in [6.45, 7) is 6.21. The molecule has 5 atom stereocenters. The van der Waals surface area contributed by atoms with Gasteiger partial charge in [-0.1, -0.05) is 12.1 Å². The standard InChI is InChI=1S/C44H51FN8O6/c1-24(2)59-39-20-35-27(17-32(39)43(57)46-34-5-4-15-52(44(34)58)37-19-33(37)45)22-53(48-35)28-9-6-25(7-10-28)21-51-16-14-29(38(54)23-51)26-8-11-30-36(18-26)50(3)49-41(30)31-12-13-40(55)47-42(31)56/h4-5,8,11,15,17-18,20,22,24-25,28-29,31,33,37-38,54H,6-7,9-10,12-14,16,19,21,23H2,1-3H3,(H,46,57)(H,47,55,56)/t25-,28-,29-,31?,33+,37-,38-/m0/s1. The van der Waals surface area contributed by atoms with Crippen LogP contribution >= 0.6 is 0 Å². The SMILES string of the molecule is CC(C)Oc1cc2nn([C@H]3CC[C@H](CN4CC[C@@H](c5ccc6c(C7CCC(=O)NC7=O)nn(C)c6c5)[C@@H](O)C4)CC3)cc2cc1C(=O)Nc1cccn([C@H]2C[C@H]2F)c1=O. The summed E-state index contributed by atoms with van der Waals surface area (Å²) in [7, 11) is 1.87. The molecule has 5 heterocycles. The van der Waals surface area contributed by atoms with Crippen molar-refractivity contribution in [3.05, 3.63) is 82.0 Å². The highest BCUT2D eigenvalue weighted by atomic mass is 19.1. The summed E-state index contributed by atoms with van der Waals surface area (Å²) in [5.74, 6) is -0.593. The Labute approximate surface area is 340 Å². The van der Waals surface area contributed by atoms with Gasteiger partial charge in [-0.3, -0.25) is 33.9 Å². The Bertz CT molecular complexity index is 2500. The number of β-amino-alcohol motifs (C(OH)–C–C–N with tert-alkyl or cyclic N) is 1. The van der Waals surface area contributed by atoms with E-state index in [0.717, 1.165) is 72.6 Å². The first-order chi connectivity index (χ1) is 28.4. The number of carbonyl (C=O) groups is 3. The quantitative estimate of drug-likeness (QED) is 0.154. The average Bonchev–Trinajstić information content (AvgIpc) is 3.63. The van der Waals surface area contributed by atoms with Gasteiger partial charge in [0.05, 0.1) is 52.5 Å². The molecule has 3 aromatic heterocycles. The van der Waals surface area contributed by atoms with Crippen molar-refractivity contribution in [3.8, 4) is 5.75 Å². The van der Waals surface area contributed by atoms with Crippen LogP contribution in [0.5, 0.6) is 5.75 Å². The molecule has 3 N–H and O–H groups in total. The number of likely N-dealkylation sites (tertiary alicyclic amines) is 1. The molecule has 14 nitrogen and oxygen atoms in total. The lowest BCUT2D eigenvalue weighted by atomic mass is 9.83. The molecule has 4 fully saturated rings. The number of anilines is 1. The number of nitrogens with one attached hydrogen (secondary N) is 2. The van der Waals surface area contributed by atoms with Gasteiger partial charge >= 0.3 is 0 Å². The molecule has 9 rings (SSSR count). The monoisotopic (exact) mass is 806 g/mol. The summed E-state index contributed by atoms with van der Waals surface area (Å²) in [5, 5.41) is 27.9. The second-order valence-electron chi connectivity index (χ2n) is 17.3. The lowest BCUT2D eigenvalue weighted by molar-refractivity contribution is -0.134. The zero-order chi connectivity index (χ0) is 41.1. The summed E-state index contributed by atoms with van der Waals surface area (Å²) in [5.41, 5.74) is 3.33. The highest BCUT2D eigenvalue weighted by Crippen LogP contribution is 2.39. The second kappa shape index (κ2) is 15.6. The maximum Gasteiger partial charge on any atom is 0.274 e. The third-order valence-corrected chi connectivity index (χ3v) is 12.8. The van der Waals surface area contributed by atoms with Gasteiger partial charge in [0.15, 0.2) is 0 Å². The van der Waals surface area contributed by atoms with Crippen LogP contribution in [0.25, 0.3) is 21.8 Å².